The SMILES string of the molecule is CC(Nc1occ2ccccc12)B1O[C@@H]2C[C@@H]3C[C@@H](C3(C)C)[C@]2(C)O1.O=C(O)C(F)(F)F. The van der Waals surface area contributed by atoms with Crippen LogP contribution in [0.1, 0.15) is 40.5 Å². The van der Waals surface area contributed by atoms with E-state index in [2.05, 4.69) is 45.1 Å². The summed E-state index contributed by atoms with van der Waals surface area (Å²) in [5.41, 5.74) is 0.210. The Hall–Kier alpha value is -2.20. The lowest BCUT2D eigenvalue weighted by atomic mass is 9.43. The highest BCUT2D eigenvalue weighted by atomic mass is 19.4. The maximum absolute atomic E-state index is 10.6. The number of anilines is 1. The molecule has 2 heterocycles. The molecule has 6 rings (SSSR count). The molecule has 2 bridgehead atoms. The third kappa shape index (κ3) is 3.77. The van der Waals surface area contributed by atoms with Gasteiger partial charge in [0.1, 0.15) is 6.26 Å². The van der Waals surface area contributed by atoms with Crippen molar-refractivity contribution in [2.45, 2.75) is 64.4 Å². The van der Waals surface area contributed by atoms with E-state index in [-0.39, 0.29) is 24.8 Å². The lowest BCUT2D eigenvalue weighted by Gasteiger charge is -2.64. The number of hydrogen-bond donors (Lipinski definition) is 2. The molecule has 32 heavy (non-hydrogen) atoms. The number of aliphatic carboxylic acids is 1. The van der Waals surface area contributed by atoms with Crippen LogP contribution in [0.5, 0.6) is 0 Å². The number of hydrogen-bond acceptors (Lipinski definition) is 5. The van der Waals surface area contributed by atoms with Crippen molar-refractivity contribution in [2.24, 2.45) is 17.3 Å². The van der Waals surface area contributed by atoms with Gasteiger partial charge in [-0.3, -0.25) is 0 Å². The molecule has 0 radical (unpaired) electrons. The maximum Gasteiger partial charge on any atom is 0.490 e. The van der Waals surface area contributed by atoms with E-state index >= 15 is 0 Å². The highest BCUT2D eigenvalue weighted by Crippen LogP contribution is 2.65. The molecular formula is C22H27BF3NO5. The summed E-state index contributed by atoms with van der Waals surface area (Å²) >= 11 is 0. The molecule has 3 saturated carbocycles. The quantitative estimate of drug-likeness (QED) is 0.627. The normalized spacial score (nSPS) is 31.2. The Balaban J connectivity index is 0.000000307. The molecule has 0 spiro atoms. The van der Waals surface area contributed by atoms with Crippen molar-refractivity contribution in [1.29, 1.82) is 0 Å². The largest absolute Gasteiger partial charge is 0.490 e. The van der Waals surface area contributed by atoms with Crippen molar-refractivity contribution in [1.82, 2.24) is 0 Å². The van der Waals surface area contributed by atoms with Crippen LogP contribution in [0.25, 0.3) is 10.8 Å². The molecule has 10 heteroatoms. The number of carboxylic acids is 1. The van der Waals surface area contributed by atoms with Gasteiger partial charge in [-0.1, -0.05) is 32.0 Å². The number of alkyl halides is 3. The number of furan rings is 1. The van der Waals surface area contributed by atoms with Gasteiger partial charge in [0, 0.05) is 10.8 Å². The summed E-state index contributed by atoms with van der Waals surface area (Å²) in [7, 11) is -0.242. The average Bonchev–Trinajstić information content (AvgIpc) is 3.28. The maximum atomic E-state index is 10.6. The van der Waals surface area contributed by atoms with Gasteiger partial charge in [-0.05, 0) is 50.0 Å². The summed E-state index contributed by atoms with van der Waals surface area (Å²) in [5.74, 6) is -0.578. The van der Waals surface area contributed by atoms with Crippen LogP contribution in [0.3, 0.4) is 0 Å². The predicted molar refractivity (Wildman–Crippen MR) is 113 cm³/mol. The van der Waals surface area contributed by atoms with Gasteiger partial charge < -0.3 is 24.1 Å². The summed E-state index contributed by atoms with van der Waals surface area (Å²) in [6.07, 6.45) is -0.681. The molecule has 1 saturated heterocycles. The van der Waals surface area contributed by atoms with E-state index in [1.165, 1.54) is 6.42 Å². The van der Waals surface area contributed by atoms with E-state index in [4.69, 9.17) is 23.6 Å². The third-order valence-electron chi connectivity index (χ3n) is 7.49. The lowest BCUT2D eigenvalue weighted by Crippen LogP contribution is -2.65. The van der Waals surface area contributed by atoms with Crippen LogP contribution in [-0.2, 0) is 14.1 Å². The number of halogens is 3. The Morgan fingerprint density at radius 2 is 1.91 bits per heavy atom. The first-order valence-electron chi connectivity index (χ1n) is 10.7. The molecule has 4 aliphatic rings. The summed E-state index contributed by atoms with van der Waals surface area (Å²) in [6.45, 7) is 9.15. The Bertz CT molecular complexity index is 1010. The van der Waals surface area contributed by atoms with Gasteiger partial charge in [-0.25, -0.2) is 4.79 Å². The molecule has 3 aliphatic carbocycles. The molecular weight excluding hydrogens is 426 g/mol. The number of carboxylic acid groups (broad SMARTS) is 1. The summed E-state index contributed by atoms with van der Waals surface area (Å²) in [6, 6.07) is 8.18. The highest BCUT2D eigenvalue weighted by Gasteiger charge is 2.68. The van der Waals surface area contributed by atoms with Crippen LogP contribution in [0, 0.1) is 17.3 Å². The number of benzene rings is 1. The van der Waals surface area contributed by atoms with Crippen molar-refractivity contribution >= 4 is 29.7 Å². The number of carbonyl (C=O) groups is 1. The smallest absolute Gasteiger partial charge is 0.475 e. The first kappa shape index (κ1) is 23.0. The monoisotopic (exact) mass is 453 g/mol. The molecule has 6 nitrogen and oxygen atoms in total. The van der Waals surface area contributed by atoms with E-state index in [0.717, 1.165) is 29.0 Å². The highest BCUT2D eigenvalue weighted by molar-refractivity contribution is 6.48. The number of nitrogens with one attached hydrogen (secondary N) is 1. The van der Waals surface area contributed by atoms with Crippen molar-refractivity contribution < 1.29 is 36.8 Å². The minimum absolute atomic E-state index is 0.0253. The fourth-order valence-corrected chi connectivity index (χ4v) is 5.49. The molecule has 0 amide bonds. The topological polar surface area (TPSA) is 80.9 Å². The Morgan fingerprint density at radius 3 is 2.53 bits per heavy atom. The van der Waals surface area contributed by atoms with Gasteiger partial charge in [0.05, 0.1) is 17.6 Å². The first-order chi connectivity index (χ1) is 14.8. The van der Waals surface area contributed by atoms with E-state index in [1.54, 1.807) is 6.26 Å². The van der Waals surface area contributed by atoms with Crippen LogP contribution in [-0.4, -0.2) is 42.0 Å². The molecule has 2 aromatic rings. The second-order valence-electron chi connectivity index (χ2n) is 9.73. The number of rotatable bonds is 3. The second kappa shape index (κ2) is 7.69. The first-order valence-corrected chi connectivity index (χ1v) is 10.7. The summed E-state index contributed by atoms with van der Waals surface area (Å²) < 4.78 is 50.4. The zero-order chi connectivity index (χ0) is 23.5. The van der Waals surface area contributed by atoms with Gasteiger partial charge in [0.25, 0.3) is 0 Å². The van der Waals surface area contributed by atoms with Crippen LogP contribution in [0.15, 0.2) is 34.9 Å². The Labute approximate surface area is 184 Å². The van der Waals surface area contributed by atoms with Crippen molar-refractivity contribution in [3.63, 3.8) is 0 Å². The van der Waals surface area contributed by atoms with Crippen molar-refractivity contribution in [2.75, 3.05) is 5.32 Å². The second-order valence-corrected chi connectivity index (χ2v) is 9.73. The van der Waals surface area contributed by atoms with E-state index in [9.17, 15) is 13.2 Å². The lowest BCUT2D eigenvalue weighted by molar-refractivity contribution is -0.199. The zero-order valence-corrected chi connectivity index (χ0v) is 18.4. The summed E-state index contributed by atoms with van der Waals surface area (Å²) in [4.78, 5) is 8.90. The van der Waals surface area contributed by atoms with Crippen molar-refractivity contribution in [3.8, 4) is 0 Å². The van der Waals surface area contributed by atoms with Gasteiger partial charge >= 0.3 is 19.3 Å². The minimum atomic E-state index is -5.08. The van der Waals surface area contributed by atoms with E-state index in [1.807, 2.05) is 12.1 Å². The van der Waals surface area contributed by atoms with Crippen LogP contribution < -0.4 is 5.32 Å². The fourth-order valence-electron chi connectivity index (χ4n) is 5.49. The van der Waals surface area contributed by atoms with Crippen molar-refractivity contribution in [3.05, 3.63) is 30.5 Å². The molecule has 1 aliphatic heterocycles. The Morgan fingerprint density at radius 1 is 1.25 bits per heavy atom. The van der Waals surface area contributed by atoms with Crippen LogP contribution in [0.4, 0.5) is 19.1 Å². The molecule has 5 atom stereocenters. The van der Waals surface area contributed by atoms with Gasteiger partial charge in [-0.2, -0.15) is 13.2 Å². The van der Waals surface area contributed by atoms with Crippen LogP contribution in [0.2, 0.25) is 0 Å². The molecule has 4 fully saturated rings. The summed E-state index contributed by atoms with van der Waals surface area (Å²) in [5, 5.41) is 12.8. The van der Waals surface area contributed by atoms with Gasteiger partial charge in [-0.15, -0.1) is 0 Å². The van der Waals surface area contributed by atoms with E-state index < -0.39 is 12.1 Å². The molecule has 174 valence electrons. The third-order valence-corrected chi connectivity index (χ3v) is 7.49. The number of fused-ring (bicyclic) bond motifs is 1. The molecule has 2 N–H and O–H groups in total. The fraction of sp³-hybridized carbons (Fsp3) is 0.591. The molecule has 1 unspecified atom stereocenters. The van der Waals surface area contributed by atoms with Crippen LogP contribution >= 0.6 is 0 Å². The van der Waals surface area contributed by atoms with E-state index in [0.29, 0.717) is 11.3 Å². The molecule has 1 aromatic heterocycles. The Kier molecular flexibility index (Phi) is 5.52. The predicted octanol–water partition coefficient (Wildman–Crippen LogP) is 5.13. The minimum Gasteiger partial charge on any atom is -0.475 e. The zero-order valence-electron chi connectivity index (χ0n) is 18.4. The van der Waals surface area contributed by atoms with Gasteiger partial charge in [0.2, 0.25) is 0 Å². The molecule has 1 aromatic carbocycles. The standard InChI is InChI=1S/C20H26BNO3.C2HF3O2/c1-12(22-18-15-8-6-5-7-13(15)11-23-18)21-24-17-10-14-9-16(19(14,2)3)20(17,4)25-21;3-2(4,5)1(6)7/h5-8,11-12,14,16-17,22H,9-10H2,1-4H3;(H,6,7)/t12?,14-,16-,17+,20-;/m0./s1. The average molecular weight is 453 g/mol. The van der Waals surface area contributed by atoms with Gasteiger partial charge in [0.15, 0.2) is 5.88 Å².